The van der Waals surface area contributed by atoms with Gasteiger partial charge < -0.3 is 15.2 Å². The molecular weight excluding hydrogens is 224 g/mol. The number of non-ortho nitro benzene ring substituents is 1. The maximum atomic E-state index is 10.5. The van der Waals surface area contributed by atoms with Gasteiger partial charge in [-0.15, -0.1) is 0 Å². The normalized spacial score (nSPS) is 17.2. The fourth-order valence-corrected chi connectivity index (χ4v) is 1.63. The average Bonchev–Trinajstić information content (AvgIpc) is 2.29. The Kier molecular flexibility index (Phi) is 3.26. The zero-order valence-electron chi connectivity index (χ0n) is 9.26. The third-order valence-corrected chi connectivity index (χ3v) is 2.90. The van der Waals surface area contributed by atoms with Crippen LogP contribution in [0.2, 0.25) is 0 Å². The van der Waals surface area contributed by atoms with E-state index in [1.165, 1.54) is 12.1 Å². The first kappa shape index (κ1) is 11.8. The summed E-state index contributed by atoms with van der Waals surface area (Å²) in [5.74, 6) is 0. The molecule has 1 fully saturated rings. The van der Waals surface area contributed by atoms with E-state index in [9.17, 15) is 15.2 Å². The lowest BCUT2D eigenvalue weighted by Gasteiger charge is -2.40. The number of ether oxygens (including phenoxy) is 1. The predicted molar refractivity (Wildman–Crippen MR) is 61.9 cm³/mol. The van der Waals surface area contributed by atoms with E-state index >= 15 is 0 Å². The molecule has 6 heteroatoms. The van der Waals surface area contributed by atoms with Gasteiger partial charge in [0.15, 0.2) is 0 Å². The van der Waals surface area contributed by atoms with Crippen molar-refractivity contribution in [3.63, 3.8) is 0 Å². The second kappa shape index (κ2) is 4.68. The van der Waals surface area contributed by atoms with E-state index in [1.807, 2.05) is 0 Å². The van der Waals surface area contributed by atoms with Crippen LogP contribution in [0.15, 0.2) is 24.3 Å². The number of aliphatic hydroxyl groups excluding tert-OH is 1. The van der Waals surface area contributed by atoms with Crippen molar-refractivity contribution in [3.8, 4) is 0 Å². The van der Waals surface area contributed by atoms with Crippen LogP contribution in [0.25, 0.3) is 0 Å². The molecule has 0 aromatic heterocycles. The van der Waals surface area contributed by atoms with E-state index in [0.29, 0.717) is 19.8 Å². The smallest absolute Gasteiger partial charge is 0.269 e. The molecule has 92 valence electrons. The molecule has 0 saturated carbocycles. The van der Waals surface area contributed by atoms with Gasteiger partial charge in [0, 0.05) is 24.4 Å². The number of rotatable bonds is 5. The highest BCUT2D eigenvalue weighted by molar-refractivity contribution is 5.48. The SMILES string of the molecule is O=[N+]([O-])c1ccc(NCC2(CO)COC2)cc1. The van der Waals surface area contributed by atoms with Crippen molar-refractivity contribution < 1.29 is 14.8 Å². The Bertz CT molecular complexity index is 395. The lowest BCUT2D eigenvalue weighted by atomic mass is 9.87. The molecule has 2 rings (SSSR count). The Morgan fingerprint density at radius 1 is 1.41 bits per heavy atom. The van der Waals surface area contributed by atoms with Crippen LogP contribution in [-0.4, -0.2) is 36.4 Å². The van der Waals surface area contributed by atoms with Crippen LogP contribution in [0.1, 0.15) is 0 Å². The standard InChI is InChI=1S/C11H14N2O4/c14-6-11(7-17-8-11)5-12-9-1-3-10(4-2-9)13(15)16/h1-4,12,14H,5-8H2. The van der Waals surface area contributed by atoms with Crippen molar-refractivity contribution in [3.05, 3.63) is 34.4 Å². The molecule has 0 radical (unpaired) electrons. The van der Waals surface area contributed by atoms with Gasteiger partial charge in [-0.1, -0.05) is 0 Å². The summed E-state index contributed by atoms with van der Waals surface area (Å²) in [6.45, 7) is 1.77. The summed E-state index contributed by atoms with van der Waals surface area (Å²) in [4.78, 5) is 10.0. The highest BCUT2D eigenvalue weighted by Crippen LogP contribution is 2.27. The topological polar surface area (TPSA) is 84.6 Å². The second-order valence-electron chi connectivity index (χ2n) is 4.31. The van der Waals surface area contributed by atoms with Gasteiger partial charge in [-0.3, -0.25) is 10.1 Å². The van der Waals surface area contributed by atoms with Crippen LogP contribution < -0.4 is 5.32 Å². The van der Waals surface area contributed by atoms with E-state index in [-0.39, 0.29) is 17.7 Å². The number of nitro benzene ring substituents is 1. The van der Waals surface area contributed by atoms with Gasteiger partial charge in [-0.25, -0.2) is 0 Å². The quantitative estimate of drug-likeness (QED) is 0.591. The third-order valence-electron chi connectivity index (χ3n) is 2.90. The van der Waals surface area contributed by atoms with Crippen molar-refractivity contribution in [1.82, 2.24) is 0 Å². The zero-order valence-corrected chi connectivity index (χ0v) is 9.26. The van der Waals surface area contributed by atoms with Crippen molar-refractivity contribution >= 4 is 11.4 Å². The molecule has 0 amide bonds. The predicted octanol–water partition coefficient (Wildman–Crippen LogP) is 1.02. The Balaban J connectivity index is 1.93. The molecule has 1 aromatic rings. The monoisotopic (exact) mass is 238 g/mol. The van der Waals surface area contributed by atoms with Gasteiger partial charge in [-0.2, -0.15) is 0 Å². The first-order chi connectivity index (χ1) is 8.15. The van der Waals surface area contributed by atoms with Gasteiger partial charge in [0.05, 0.1) is 30.2 Å². The number of aliphatic hydroxyl groups is 1. The number of anilines is 1. The minimum Gasteiger partial charge on any atom is -0.396 e. The molecule has 1 aliphatic heterocycles. The summed E-state index contributed by atoms with van der Waals surface area (Å²) < 4.78 is 5.08. The van der Waals surface area contributed by atoms with E-state index < -0.39 is 4.92 Å². The van der Waals surface area contributed by atoms with Crippen molar-refractivity contribution in [2.45, 2.75) is 0 Å². The number of benzene rings is 1. The minimum absolute atomic E-state index is 0.0689. The Labute approximate surface area is 98.4 Å². The fraction of sp³-hybridized carbons (Fsp3) is 0.455. The van der Waals surface area contributed by atoms with Crippen LogP contribution >= 0.6 is 0 Å². The molecule has 0 aliphatic carbocycles. The maximum absolute atomic E-state index is 10.5. The number of hydrogen-bond acceptors (Lipinski definition) is 5. The Morgan fingerprint density at radius 3 is 2.47 bits per heavy atom. The third kappa shape index (κ3) is 2.54. The summed E-state index contributed by atoms with van der Waals surface area (Å²) in [7, 11) is 0. The summed E-state index contributed by atoms with van der Waals surface area (Å²) in [5.41, 5.74) is 0.664. The van der Waals surface area contributed by atoms with Crippen LogP contribution in [-0.2, 0) is 4.74 Å². The fourth-order valence-electron chi connectivity index (χ4n) is 1.63. The summed E-state index contributed by atoms with van der Waals surface area (Å²) in [6, 6.07) is 6.21. The Hall–Kier alpha value is -1.66. The second-order valence-corrected chi connectivity index (χ2v) is 4.31. The van der Waals surface area contributed by atoms with Crippen LogP contribution in [0.4, 0.5) is 11.4 Å². The van der Waals surface area contributed by atoms with Crippen LogP contribution in [0.3, 0.4) is 0 Å². The van der Waals surface area contributed by atoms with Gasteiger partial charge in [-0.05, 0) is 12.1 Å². The molecular formula is C11H14N2O4. The van der Waals surface area contributed by atoms with Gasteiger partial charge in [0.1, 0.15) is 0 Å². The van der Waals surface area contributed by atoms with Crippen molar-refractivity contribution in [2.75, 3.05) is 31.7 Å². The minimum atomic E-state index is -0.432. The molecule has 0 unspecified atom stereocenters. The molecule has 1 heterocycles. The molecule has 0 spiro atoms. The van der Waals surface area contributed by atoms with Crippen molar-refractivity contribution in [1.29, 1.82) is 0 Å². The molecule has 0 atom stereocenters. The number of nitrogens with zero attached hydrogens (tertiary/aromatic N) is 1. The summed E-state index contributed by atoms with van der Waals surface area (Å²) >= 11 is 0. The zero-order chi connectivity index (χ0) is 12.3. The van der Waals surface area contributed by atoms with Crippen molar-refractivity contribution in [2.24, 2.45) is 5.41 Å². The molecule has 1 saturated heterocycles. The number of hydrogen-bond donors (Lipinski definition) is 2. The van der Waals surface area contributed by atoms with Crippen LogP contribution in [0, 0.1) is 15.5 Å². The molecule has 1 aliphatic rings. The van der Waals surface area contributed by atoms with E-state index in [1.54, 1.807) is 12.1 Å². The van der Waals surface area contributed by atoms with Gasteiger partial charge >= 0.3 is 0 Å². The highest BCUT2D eigenvalue weighted by Gasteiger charge is 2.37. The molecule has 1 aromatic carbocycles. The largest absolute Gasteiger partial charge is 0.396 e. The lowest BCUT2D eigenvalue weighted by Crippen LogP contribution is -2.50. The average molecular weight is 238 g/mol. The molecule has 6 nitrogen and oxygen atoms in total. The van der Waals surface area contributed by atoms with Gasteiger partial charge in [0.2, 0.25) is 0 Å². The van der Waals surface area contributed by atoms with E-state index in [2.05, 4.69) is 5.32 Å². The van der Waals surface area contributed by atoms with Crippen LogP contribution in [0.5, 0.6) is 0 Å². The summed E-state index contributed by atoms with van der Waals surface area (Å²) in [6.07, 6.45) is 0. The lowest BCUT2D eigenvalue weighted by molar-refractivity contribution is -0.384. The molecule has 2 N–H and O–H groups in total. The first-order valence-corrected chi connectivity index (χ1v) is 5.32. The van der Waals surface area contributed by atoms with E-state index in [4.69, 9.17) is 4.74 Å². The number of nitro groups is 1. The highest BCUT2D eigenvalue weighted by atomic mass is 16.6. The van der Waals surface area contributed by atoms with Gasteiger partial charge in [0.25, 0.3) is 5.69 Å². The molecule has 0 bridgehead atoms. The number of nitrogens with one attached hydrogen (secondary N) is 1. The molecule has 17 heavy (non-hydrogen) atoms. The summed E-state index contributed by atoms with van der Waals surface area (Å²) in [5, 5.41) is 22.8. The first-order valence-electron chi connectivity index (χ1n) is 5.32. The Morgan fingerprint density at radius 2 is 2.06 bits per heavy atom. The van der Waals surface area contributed by atoms with E-state index in [0.717, 1.165) is 5.69 Å². The maximum Gasteiger partial charge on any atom is 0.269 e.